The second kappa shape index (κ2) is 8.08. The van der Waals surface area contributed by atoms with Gasteiger partial charge >= 0.3 is 0 Å². The molecule has 0 atom stereocenters. The number of hydrogen-bond donors (Lipinski definition) is 1. The number of nitrogens with zero attached hydrogens (tertiary/aromatic N) is 4. The Bertz CT molecular complexity index is 1260. The quantitative estimate of drug-likeness (QED) is 0.622. The predicted octanol–water partition coefficient (Wildman–Crippen LogP) is 3.21. The minimum Gasteiger partial charge on any atom is -0.336 e. The molecule has 2 fully saturated rings. The number of hydrogen-bond acceptors (Lipinski definition) is 4. The van der Waals surface area contributed by atoms with Crippen LogP contribution in [-0.2, 0) is 17.3 Å². The summed E-state index contributed by atoms with van der Waals surface area (Å²) in [5, 5.41) is 10.1. The normalized spacial score (nSPS) is 17.8. The Morgan fingerprint density at radius 2 is 1.81 bits per heavy atom. The van der Waals surface area contributed by atoms with Gasteiger partial charge in [0, 0.05) is 43.3 Å². The van der Waals surface area contributed by atoms with Crippen LogP contribution in [0.2, 0.25) is 0 Å². The molecule has 1 saturated heterocycles. The minimum atomic E-state index is -0.399. The molecule has 3 aromatic rings. The third-order valence-corrected chi connectivity index (χ3v) is 7.04. The van der Waals surface area contributed by atoms with Gasteiger partial charge in [0.25, 0.3) is 5.91 Å². The predicted molar refractivity (Wildman–Crippen MR) is 121 cm³/mol. The number of piperazine rings is 1. The summed E-state index contributed by atoms with van der Waals surface area (Å²) in [6.45, 7) is 1.95. The van der Waals surface area contributed by atoms with Gasteiger partial charge in [0.05, 0.1) is 34.4 Å². The Morgan fingerprint density at radius 1 is 1.09 bits per heavy atom. The third kappa shape index (κ3) is 3.57. The highest BCUT2D eigenvalue weighted by molar-refractivity contribution is 7.63. The molecule has 1 aliphatic carbocycles. The fourth-order valence-electron chi connectivity index (χ4n) is 4.33. The number of benzene rings is 2. The summed E-state index contributed by atoms with van der Waals surface area (Å²) < 4.78 is 27.0. The zero-order chi connectivity index (χ0) is 22.3. The summed E-state index contributed by atoms with van der Waals surface area (Å²) in [5.41, 5.74) is 2.99. The molecule has 1 amide bonds. The highest BCUT2D eigenvalue weighted by Crippen LogP contribution is 2.48. The van der Waals surface area contributed by atoms with Gasteiger partial charge in [0.15, 0.2) is 0 Å². The van der Waals surface area contributed by atoms with Gasteiger partial charge in [-0.3, -0.25) is 9.78 Å². The summed E-state index contributed by atoms with van der Waals surface area (Å²) in [6.07, 6.45) is 3.26. The molecule has 0 unspecified atom stereocenters. The van der Waals surface area contributed by atoms with Gasteiger partial charge in [0.2, 0.25) is 0 Å². The van der Waals surface area contributed by atoms with Crippen LogP contribution in [-0.4, -0.2) is 50.5 Å². The average Bonchev–Trinajstić information content (AvgIpc) is 3.64. The fraction of sp³-hybridized carbons (Fsp3) is 0.292. The van der Waals surface area contributed by atoms with Crippen LogP contribution in [0.1, 0.15) is 28.8 Å². The SMILES string of the molecule is N#CC1(c2ccc(-c3c(C(=O)N4CCN([SH]=O)CC4)cnc4ccc(F)cc34)cc2)CC1. The number of nitriles is 1. The number of fused-ring (bicyclic) bond motifs is 1. The van der Waals surface area contributed by atoms with E-state index in [1.165, 1.54) is 12.1 Å². The van der Waals surface area contributed by atoms with Crippen molar-refractivity contribution in [3.05, 3.63) is 65.6 Å². The molecule has 32 heavy (non-hydrogen) atoms. The zero-order valence-electron chi connectivity index (χ0n) is 17.3. The molecular formula is C24H21FN4O2S. The molecule has 5 rings (SSSR count). The summed E-state index contributed by atoms with van der Waals surface area (Å²) in [5.74, 6) is -0.577. The molecule has 0 spiro atoms. The lowest BCUT2D eigenvalue weighted by Crippen LogP contribution is -2.47. The first-order valence-corrected chi connectivity index (χ1v) is 11.3. The molecule has 0 radical (unpaired) electrons. The zero-order valence-corrected chi connectivity index (χ0v) is 18.2. The maximum absolute atomic E-state index is 14.2. The van der Waals surface area contributed by atoms with Gasteiger partial charge in [-0.25, -0.2) is 12.9 Å². The van der Waals surface area contributed by atoms with E-state index in [1.54, 1.807) is 21.5 Å². The lowest BCUT2D eigenvalue weighted by Gasteiger charge is -2.32. The molecule has 8 heteroatoms. The molecule has 1 aliphatic heterocycles. The van der Waals surface area contributed by atoms with Crippen molar-refractivity contribution in [2.24, 2.45) is 0 Å². The smallest absolute Gasteiger partial charge is 0.256 e. The minimum absolute atomic E-state index is 0.0390. The van der Waals surface area contributed by atoms with Crippen LogP contribution in [0.4, 0.5) is 4.39 Å². The summed E-state index contributed by atoms with van der Waals surface area (Å²) in [7, 11) is 0. The van der Waals surface area contributed by atoms with E-state index in [-0.39, 0.29) is 17.8 Å². The summed E-state index contributed by atoms with van der Waals surface area (Å²) in [4.78, 5) is 19.6. The molecule has 6 nitrogen and oxygen atoms in total. The maximum atomic E-state index is 14.2. The lowest BCUT2D eigenvalue weighted by molar-refractivity contribution is 0.0703. The molecular weight excluding hydrogens is 427 g/mol. The highest BCUT2D eigenvalue weighted by atomic mass is 32.2. The molecule has 162 valence electrons. The first kappa shape index (κ1) is 20.7. The van der Waals surface area contributed by atoms with Crippen LogP contribution in [0.25, 0.3) is 22.0 Å². The van der Waals surface area contributed by atoms with Gasteiger partial charge < -0.3 is 4.90 Å². The van der Waals surface area contributed by atoms with E-state index < -0.39 is 11.2 Å². The first-order valence-electron chi connectivity index (χ1n) is 10.5. The standard InChI is InChI=1S/C24H21FN4O2S/c25-18-5-6-21-19(13-18)22(16-1-3-17(4-2-16)24(15-26)7-8-24)20(14-27-21)23(30)28-9-11-29(32-31)12-10-28/h1-6,13-14,32H,7-12H2. The van der Waals surface area contributed by atoms with Crippen LogP contribution >= 0.6 is 0 Å². The molecule has 2 heterocycles. The number of carbonyl (C=O) groups is 1. The maximum Gasteiger partial charge on any atom is 0.256 e. The second-order valence-corrected chi connectivity index (χ2v) is 9.04. The van der Waals surface area contributed by atoms with Crippen molar-refractivity contribution in [2.45, 2.75) is 18.3 Å². The Hall–Kier alpha value is -3.15. The number of carbonyl (C=O) groups excluding carboxylic acids is 1. The number of halogens is 1. The van der Waals surface area contributed by atoms with Crippen molar-refractivity contribution < 1.29 is 13.4 Å². The van der Waals surface area contributed by atoms with Gasteiger partial charge in [-0.05, 0) is 42.2 Å². The summed E-state index contributed by atoms with van der Waals surface area (Å²) >= 11 is -0.0390. The Morgan fingerprint density at radius 3 is 2.44 bits per heavy atom. The lowest BCUT2D eigenvalue weighted by atomic mass is 9.91. The first-order chi connectivity index (χ1) is 15.5. The van der Waals surface area contributed by atoms with Crippen molar-refractivity contribution in [3.63, 3.8) is 0 Å². The van der Waals surface area contributed by atoms with Gasteiger partial charge in [0.1, 0.15) is 5.82 Å². The van der Waals surface area contributed by atoms with Gasteiger partial charge in [-0.1, -0.05) is 24.3 Å². The molecule has 0 N–H and O–H groups in total. The molecule has 2 aliphatic rings. The van der Waals surface area contributed by atoms with Crippen LogP contribution in [0.5, 0.6) is 0 Å². The summed E-state index contributed by atoms with van der Waals surface area (Å²) in [6, 6.07) is 14.4. The van der Waals surface area contributed by atoms with E-state index in [0.29, 0.717) is 48.2 Å². The molecule has 1 saturated carbocycles. The molecule has 2 aromatic carbocycles. The van der Waals surface area contributed by atoms with E-state index in [4.69, 9.17) is 0 Å². The Balaban J connectivity index is 1.60. The van der Waals surface area contributed by atoms with Crippen molar-refractivity contribution in [1.82, 2.24) is 14.2 Å². The number of amides is 1. The number of pyridine rings is 1. The Labute approximate surface area is 188 Å². The van der Waals surface area contributed by atoms with E-state index in [9.17, 15) is 18.7 Å². The van der Waals surface area contributed by atoms with Crippen LogP contribution < -0.4 is 0 Å². The molecule has 1 aromatic heterocycles. The second-order valence-electron chi connectivity index (χ2n) is 8.31. The topological polar surface area (TPSA) is 77.3 Å². The van der Waals surface area contributed by atoms with Crippen molar-refractivity contribution in [2.75, 3.05) is 26.2 Å². The van der Waals surface area contributed by atoms with Crippen LogP contribution in [0.15, 0.2) is 48.7 Å². The van der Waals surface area contributed by atoms with E-state index in [2.05, 4.69) is 11.1 Å². The highest BCUT2D eigenvalue weighted by Gasteiger charge is 2.44. The van der Waals surface area contributed by atoms with E-state index in [1.807, 2.05) is 24.3 Å². The van der Waals surface area contributed by atoms with Crippen LogP contribution in [0.3, 0.4) is 0 Å². The van der Waals surface area contributed by atoms with Gasteiger partial charge in [-0.15, -0.1) is 0 Å². The number of rotatable bonds is 4. The monoisotopic (exact) mass is 448 g/mol. The van der Waals surface area contributed by atoms with E-state index >= 15 is 0 Å². The number of aromatic nitrogens is 1. The molecule has 0 bridgehead atoms. The fourth-order valence-corrected chi connectivity index (χ4v) is 4.68. The van der Waals surface area contributed by atoms with Crippen LogP contribution in [0, 0.1) is 17.1 Å². The van der Waals surface area contributed by atoms with E-state index in [0.717, 1.165) is 24.0 Å². The Kier molecular flexibility index (Phi) is 5.24. The average molecular weight is 449 g/mol. The third-order valence-electron chi connectivity index (χ3n) is 6.41. The van der Waals surface area contributed by atoms with Crippen molar-refractivity contribution in [1.29, 1.82) is 5.26 Å². The van der Waals surface area contributed by atoms with Gasteiger partial charge in [-0.2, -0.15) is 5.26 Å². The van der Waals surface area contributed by atoms with Crippen molar-refractivity contribution in [3.8, 4) is 17.2 Å². The largest absolute Gasteiger partial charge is 0.336 e. The number of thiol groups is 1. The van der Waals surface area contributed by atoms with Crippen molar-refractivity contribution >= 4 is 28.7 Å².